The summed E-state index contributed by atoms with van der Waals surface area (Å²) in [6.07, 6.45) is 3.21. The van der Waals surface area contributed by atoms with E-state index in [0.29, 0.717) is 11.9 Å². The Hall–Kier alpha value is -2.95. The molecule has 1 aromatic heterocycles. The second kappa shape index (κ2) is 5.58. The first-order valence-corrected chi connectivity index (χ1v) is 6.54. The lowest BCUT2D eigenvalue weighted by molar-refractivity contribution is -0.383. The summed E-state index contributed by atoms with van der Waals surface area (Å²) < 4.78 is 0. The zero-order valence-corrected chi connectivity index (χ0v) is 11.2. The number of nitro groups is 1. The molecule has 5 heteroatoms. The van der Waals surface area contributed by atoms with E-state index in [1.807, 2.05) is 30.3 Å². The highest BCUT2D eigenvalue weighted by atomic mass is 16.6. The van der Waals surface area contributed by atoms with Gasteiger partial charge in [-0.3, -0.25) is 15.1 Å². The van der Waals surface area contributed by atoms with Crippen molar-refractivity contribution in [1.29, 1.82) is 0 Å². The first-order valence-electron chi connectivity index (χ1n) is 6.54. The van der Waals surface area contributed by atoms with E-state index in [4.69, 9.17) is 0 Å². The van der Waals surface area contributed by atoms with Gasteiger partial charge in [0.15, 0.2) is 0 Å². The molecule has 0 saturated carbocycles. The van der Waals surface area contributed by atoms with Crippen LogP contribution in [0.1, 0.15) is 5.56 Å². The molecule has 1 heterocycles. The molecule has 0 fully saturated rings. The smallest absolute Gasteiger partial charge is 0.277 e. The number of hydrogen-bond donors (Lipinski definition) is 1. The normalized spacial score (nSPS) is 10.5. The van der Waals surface area contributed by atoms with Crippen molar-refractivity contribution in [2.45, 2.75) is 6.54 Å². The largest absolute Gasteiger partial charge is 0.380 e. The molecule has 1 N–H and O–H groups in total. The molecular weight excluding hydrogens is 266 g/mol. The number of nitrogens with zero attached hydrogens (tertiary/aromatic N) is 2. The van der Waals surface area contributed by atoms with Crippen LogP contribution in [-0.4, -0.2) is 9.91 Å². The molecule has 0 radical (unpaired) electrons. The summed E-state index contributed by atoms with van der Waals surface area (Å²) >= 11 is 0. The molecule has 104 valence electrons. The summed E-state index contributed by atoms with van der Waals surface area (Å²) in [7, 11) is 0. The van der Waals surface area contributed by atoms with E-state index < -0.39 is 0 Å². The molecule has 0 aliphatic heterocycles. The predicted octanol–water partition coefficient (Wildman–Crippen LogP) is 3.76. The molecule has 3 aromatic rings. The summed E-state index contributed by atoms with van der Waals surface area (Å²) in [6.45, 7) is 0.655. The molecule has 5 nitrogen and oxygen atoms in total. The Bertz CT molecular complexity index is 788. The Morgan fingerprint density at radius 2 is 1.86 bits per heavy atom. The number of fused-ring (bicyclic) bond motifs is 1. The second-order valence-corrected chi connectivity index (χ2v) is 4.65. The van der Waals surface area contributed by atoms with Crippen LogP contribution < -0.4 is 5.32 Å². The lowest BCUT2D eigenvalue weighted by atomic mass is 10.1. The van der Waals surface area contributed by atoms with Crippen LogP contribution in [0, 0.1) is 10.1 Å². The monoisotopic (exact) mass is 279 g/mol. The summed E-state index contributed by atoms with van der Waals surface area (Å²) in [5, 5.41) is 15.7. The fourth-order valence-corrected chi connectivity index (χ4v) is 2.28. The topological polar surface area (TPSA) is 68.1 Å². The van der Waals surface area contributed by atoms with Crippen molar-refractivity contribution < 1.29 is 4.92 Å². The van der Waals surface area contributed by atoms with Crippen LogP contribution in [0.25, 0.3) is 10.8 Å². The van der Waals surface area contributed by atoms with E-state index in [1.165, 1.54) is 6.07 Å². The third kappa shape index (κ3) is 2.67. The van der Waals surface area contributed by atoms with Crippen molar-refractivity contribution in [3.63, 3.8) is 0 Å². The van der Waals surface area contributed by atoms with Gasteiger partial charge in [-0.2, -0.15) is 0 Å². The molecule has 0 saturated heterocycles. The van der Waals surface area contributed by atoms with Crippen LogP contribution >= 0.6 is 0 Å². The Labute approximate surface area is 121 Å². The fraction of sp³-hybridized carbons (Fsp3) is 0.0625. The van der Waals surface area contributed by atoms with Crippen LogP contribution in [0.2, 0.25) is 0 Å². The first-order chi connectivity index (χ1) is 10.3. The van der Waals surface area contributed by atoms with Crippen LogP contribution in [0.15, 0.2) is 60.9 Å². The minimum atomic E-state index is -0.372. The van der Waals surface area contributed by atoms with Gasteiger partial charge < -0.3 is 5.32 Å². The maximum absolute atomic E-state index is 11.1. The SMILES string of the molecule is O=[N+]([O-])c1ccc(NCc2ccccc2)c2cnccc12. The minimum absolute atomic E-state index is 0.0951. The van der Waals surface area contributed by atoms with Crippen molar-refractivity contribution in [3.05, 3.63) is 76.6 Å². The molecule has 0 aliphatic rings. The lowest BCUT2D eigenvalue weighted by Crippen LogP contribution is -2.01. The van der Waals surface area contributed by atoms with Crippen molar-refractivity contribution in [3.8, 4) is 0 Å². The number of pyridine rings is 1. The van der Waals surface area contributed by atoms with Crippen LogP contribution in [-0.2, 0) is 6.54 Å². The molecule has 0 aliphatic carbocycles. The molecule has 0 unspecified atom stereocenters. The molecule has 2 aromatic carbocycles. The number of benzene rings is 2. The quantitative estimate of drug-likeness (QED) is 0.583. The van der Waals surface area contributed by atoms with Gasteiger partial charge >= 0.3 is 0 Å². The van der Waals surface area contributed by atoms with E-state index in [-0.39, 0.29) is 10.6 Å². The Balaban J connectivity index is 1.96. The highest BCUT2D eigenvalue weighted by molar-refractivity contribution is 5.99. The maximum atomic E-state index is 11.1. The van der Waals surface area contributed by atoms with Crippen LogP contribution in [0.4, 0.5) is 11.4 Å². The minimum Gasteiger partial charge on any atom is -0.380 e. The Morgan fingerprint density at radius 3 is 2.62 bits per heavy atom. The summed E-state index contributed by atoms with van der Waals surface area (Å²) in [4.78, 5) is 14.8. The van der Waals surface area contributed by atoms with Gasteiger partial charge in [-0.1, -0.05) is 30.3 Å². The third-order valence-electron chi connectivity index (χ3n) is 3.32. The average Bonchev–Trinajstić information content (AvgIpc) is 2.53. The molecular formula is C16H13N3O2. The highest BCUT2D eigenvalue weighted by Crippen LogP contribution is 2.30. The van der Waals surface area contributed by atoms with Gasteiger partial charge in [0.05, 0.1) is 10.3 Å². The van der Waals surface area contributed by atoms with E-state index in [0.717, 1.165) is 16.6 Å². The standard InChI is InChI=1S/C16H13N3O2/c20-19(21)16-7-6-15(14-11-17-9-8-13(14)16)18-10-12-4-2-1-3-5-12/h1-9,11,18H,10H2. The van der Waals surface area contributed by atoms with Gasteiger partial charge in [0.2, 0.25) is 0 Å². The van der Waals surface area contributed by atoms with E-state index in [2.05, 4.69) is 10.3 Å². The number of aromatic nitrogens is 1. The van der Waals surface area contributed by atoms with Gasteiger partial charge in [-0.15, -0.1) is 0 Å². The van der Waals surface area contributed by atoms with Crippen molar-refractivity contribution >= 4 is 22.1 Å². The van der Waals surface area contributed by atoms with Gasteiger partial charge in [0.1, 0.15) is 0 Å². The number of rotatable bonds is 4. The number of nitrogens with one attached hydrogen (secondary N) is 1. The van der Waals surface area contributed by atoms with Crippen molar-refractivity contribution in [2.75, 3.05) is 5.32 Å². The molecule has 3 rings (SSSR count). The summed E-state index contributed by atoms with van der Waals surface area (Å²) in [5.74, 6) is 0. The molecule has 21 heavy (non-hydrogen) atoms. The first kappa shape index (κ1) is 13.1. The molecule has 0 bridgehead atoms. The Morgan fingerprint density at radius 1 is 1.05 bits per heavy atom. The van der Waals surface area contributed by atoms with E-state index >= 15 is 0 Å². The van der Waals surface area contributed by atoms with Crippen molar-refractivity contribution in [1.82, 2.24) is 4.98 Å². The van der Waals surface area contributed by atoms with Gasteiger partial charge in [0, 0.05) is 36.1 Å². The van der Waals surface area contributed by atoms with Crippen molar-refractivity contribution in [2.24, 2.45) is 0 Å². The van der Waals surface area contributed by atoms with Gasteiger partial charge in [-0.25, -0.2) is 0 Å². The fourth-order valence-electron chi connectivity index (χ4n) is 2.28. The number of nitro benzene ring substituents is 1. The third-order valence-corrected chi connectivity index (χ3v) is 3.32. The molecule has 0 atom stereocenters. The number of hydrogen-bond acceptors (Lipinski definition) is 4. The zero-order chi connectivity index (χ0) is 14.7. The number of anilines is 1. The van der Waals surface area contributed by atoms with Crippen LogP contribution in [0.5, 0.6) is 0 Å². The summed E-state index contributed by atoms with van der Waals surface area (Å²) in [5.41, 5.74) is 2.08. The maximum Gasteiger partial charge on any atom is 0.277 e. The zero-order valence-electron chi connectivity index (χ0n) is 11.2. The highest BCUT2D eigenvalue weighted by Gasteiger charge is 2.13. The van der Waals surface area contributed by atoms with E-state index in [9.17, 15) is 10.1 Å². The van der Waals surface area contributed by atoms with Gasteiger partial charge in [0.25, 0.3) is 5.69 Å². The predicted molar refractivity (Wildman–Crippen MR) is 82.2 cm³/mol. The molecule has 0 amide bonds. The Kier molecular flexibility index (Phi) is 3.47. The lowest BCUT2D eigenvalue weighted by Gasteiger charge is -2.10. The van der Waals surface area contributed by atoms with E-state index in [1.54, 1.807) is 24.5 Å². The average molecular weight is 279 g/mol. The van der Waals surface area contributed by atoms with Gasteiger partial charge in [-0.05, 0) is 17.7 Å². The second-order valence-electron chi connectivity index (χ2n) is 4.65. The molecule has 0 spiro atoms. The van der Waals surface area contributed by atoms with Crippen LogP contribution in [0.3, 0.4) is 0 Å². The number of non-ortho nitro benzene ring substituents is 1. The summed E-state index contributed by atoms with van der Waals surface area (Å²) in [6, 6.07) is 14.9.